The van der Waals surface area contributed by atoms with Crippen molar-refractivity contribution in [2.45, 2.75) is 52.6 Å². The lowest BCUT2D eigenvalue weighted by atomic mass is 10.0. The van der Waals surface area contributed by atoms with Gasteiger partial charge in [-0.05, 0) is 55.2 Å². The van der Waals surface area contributed by atoms with E-state index in [1.54, 1.807) is 0 Å². The summed E-state index contributed by atoms with van der Waals surface area (Å²) < 4.78 is 6.01. The fraction of sp³-hybridized carbons (Fsp3) is 0.625. The van der Waals surface area contributed by atoms with Crippen molar-refractivity contribution >= 4 is 0 Å². The number of hydrogen-bond donors (Lipinski definition) is 0. The first-order valence-electron chi connectivity index (χ1n) is 6.89. The van der Waals surface area contributed by atoms with Crippen molar-refractivity contribution in [1.82, 2.24) is 0 Å². The highest BCUT2D eigenvalue weighted by atomic mass is 16.5. The number of hydrogen-bond acceptors (Lipinski definition) is 1. The fourth-order valence-corrected chi connectivity index (χ4v) is 2.63. The van der Waals surface area contributed by atoms with Crippen LogP contribution in [0.25, 0.3) is 0 Å². The van der Waals surface area contributed by atoms with Gasteiger partial charge in [-0.3, -0.25) is 0 Å². The van der Waals surface area contributed by atoms with Crippen LogP contribution in [-0.4, -0.2) is 6.10 Å². The second kappa shape index (κ2) is 5.57. The highest BCUT2D eigenvalue weighted by molar-refractivity contribution is 5.27. The van der Waals surface area contributed by atoms with E-state index in [0.717, 1.165) is 24.0 Å². The van der Waals surface area contributed by atoms with Gasteiger partial charge in [-0.15, -0.1) is 0 Å². The van der Waals surface area contributed by atoms with Crippen LogP contribution in [0.5, 0.6) is 5.75 Å². The summed E-state index contributed by atoms with van der Waals surface area (Å²) in [4.78, 5) is 0. The van der Waals surface area contributed by atoms with Crippen LogP contribution in [0, 0.1) is 11.8 Å². The van der Waals surface area contributed by atoms with Crippen molar-refractivity contribution in [3.63, 3.8) is 0 Å². The quantitative estimate of drug-likeness (QED) is 0.745. The monoisotopic (exact) mass is 232 g/mol. The Kier molecular flexibility index (Phi) is 4.09. The van der Waals surface area contributed by atoms with Crippen LogP contribution < -0.4 is 4.74 Å². The van der Waals surface area contributed by atoms with Crippen LogP contribution in [0.4, 0.5) is 0 Å². The molecule has 2 unspecified atom stereocenters. The van der Waals surface area contributed by atoms with E-state index in [1.807, 2.05) is 0 Å². The predicted octanol–water partition coefficient (Wildman–Crippen LogP) is 4.45. The van der Waals surface area contributed by atoms with Gasteiger partial charge in [0.15, 0.2) is 0 Å². The molecule has 94 valence electrons. The molecule has 1 heteroatoms. The molecule has 1 fully saturated rings. The minimum absolute atomic E-state index is 0.445. The maximum atomic E-state index is 6.01. The molecule has 1 nitrogen and oxygen atoms in total. The summed E-state index contributed by atoms with van der Waals surface area (Å²) in [7, 11) is 0. The summed E-state index contributed by atoms with van der Waals surface area (Å²) >= 11 is 0. The van der Waals surface area contributed by atoms with Gasteiger partial charge < -0.3 is 4.74 Å². The molecule has 1 aliphatic carbocycles. The summed E-state index contributed by atoms with van der Waals surface area (Å²) in [6.45, 7) is 6.82. The Balaban J connectivity index is 1.89. The third-order valence-corrected chi connectivity index (χ3v) is 3.52. The Morgan fingerprint density at radius 1 is 1.18 bits per heavy atom. The summed E-state index contributed by atoms with van der Waals surface area (Å²) in [6.07, 6.45) is 5.35. The van der Waals surface area contributed by atoms with E-state index in [1.165, 1.54) is 24.8 Å². The lowest BCUT2D eigenvalue weighted by Gasteiger charge is -2.14. The summed E-state index contributed by atoms with van der Waals surface area (Å²) in [5.74, 6) is 2.59. The van der Waals surface area contributed by atoms with Crippen molar-refractivity contribution in [3.05, 3.63) is 29.8 Å². The van der Waals surface area contributed by atoms with Gasteiger partial charge in [0.2, 0.25) is 0 Å². The molecule has 2 atom stereocenters. The predicted molar refractivity (Wildman–Crippen MR) is 72.4 cm³/mol. The highest BCUT2D eigenvalue weighted by Crippen LogP contribution is 2.28. The molecule has 1 aromatic rings. The zero-order valence-corrected chi connectivity index (χ0v) is 11.3. The van der Waals surface area contributed by atoms with Crippen LogP contribution in [0.15, 0.2) is 24.3 Å². The minimum atomic E-state index is 0.445. The van der Waals surface area contributed by atoms with E-state index in [9.17, 15) is 0 Å². The van der Waals surface area contributed by atoms with E-state index in [2.05, 4.69) is 45.0 Å². The van der Waals surface area contributed by atoms with Crippen LogP contribution in [0.2, 0.25) is 0 Å². The van der Waals surface area contributed by atoms with E-state index in [4.69, 9.17) is 4.74 Å². The Labute approximate surface area is 105 Å². The number of ether oxygens (including phenoxy) is 1. The van der Waals surface area contributed by atoms with Crippen molar-refractivity contribution < 1.29 is 4.74 Å². The van der Waals surface area contributed by atoms with Crippen LogP contribution in [0.3, 0.4) is 0 Å². The smallest absolute Gasteiger partial charge is 0.119 e. The molecule has 0 N–H and O–H groups in total. The van der Waals surface area contributed by atoms with Gasteiger partial charge in [0.25, 0.3) is 0 Å². The van der Waals surface area contributed by atoms with Gasteiger partial charge in [0, 0.05) is 0 Å². The van der Waals surface area contributed by atoms with Crippen LogP contribution in [-0.2, 0) is 6.42 Å². The lowest BCUT2D eigenvalue weighted by Crippen LogP contribution is -2.11. The summed E-state index contributed by atoms with van der Waals surface area (Å²) in [6, 6.07) is 8.66. The van der Waals surface area contributed by atoms with Crippen LogP contribution >= 0.6 is 0 Å². The number of benzene rings is 1. The number of rotatable bonds is 4. The topological polar surface area (TPSA) is 9.23 Å². The molecule has 1 aromatic carbocycles. The highest BCUT2D eigenvalue weighted by Gasteiger charge is 2.22. The van der Waals surface area contributed by atoms with Gasteiger partial charge in [0.1, 0.15) is 5.75 Å². The van der Waals surface area contributed by atoms with Crippen molar-refractivity contribution in [3.8, 4) is 5.75 Å². The average Bonchev–Trinajstić information content (AvgIpc) is 2.66. The second-order valence-corrected chi connectivity index (χ2v) is 5.90. The molecule has 0 saturated heterocycles. The van der Waals surface area contributed by atoms with E-state index >= 15 is 0 Å². The first-order chi connectivity index (χ1) is 8.13. The molecule has 0 bridgehead atoms. The molecular weight excluding hydrogens is 208 g/mol. The molecule has 0 heterocycles. The van der Waals surface area contributed by atoms with Crippen molar-refractivity contribution in [2.24, 2.45) is 11.8 Å². The molecule has 0 aliphatic heterocycles. The van der Waals surface area contributed by atoms with Gasteiger partial charge >= 0.3 is 0 Å². The van der Waals surface area contributed by atoms with Gasteiger partial charge in [0.05, 0.1) is 6.10 Å². The third-order valence-electron chi connectivity index (χ3n) is 3.52. The van der Waals surface area contributed by atoms with Gasteiger partial charge in [-0.25, -0.2) is 0 Å². The standard InChI is InChI=1S/C16H24O/c1-12(2)10-14-5-8-15(9-6-14)17-16-7-4-13(3)11-16/h5-6,8-9,12-13,16H,4,7,10-11H2,1-3H3. The van der Waals surface area contributed by atoms with Crippen LogP contribution in [0.1, 0.15) is 45.6 Å². The molecule has 0 amide bonds. The Morgan fingerprint density at radius 3 is 2.41 bits per heavy atom. The molecule has 0 spiro atoms. The molecular formula is C16H24O. The summed E-state index contributed by atoms with van der Waals surface area (Å²) in [5, 5.41) is 0. The molecule has 0 radical (unpaired) electrons. The van der Waals surface area contributed by atoms with E-state index in [-0.39, 0.29) is 0 Å². The summed E-state index contributed by atoms with van der Waals surface area (Å²) in [5.41, 5.74) is 1.41. The maximum Gasteiger partial charge on any atom is 0.119 e. The molecule has 2 rings (SSSR count). The third kappa shape index (κ3) is 3.76. The maximum absolute atomic E-state index is 6.01. The van der Waals surface area contributed by atoms with E-state index in [0.29, 0.717) is 6.10 Å². The Bertz CT molecular complexity index is 339. The zero-order chi connectivity index (χ0) is 12.3. The van der Waals surface area contributed by atoms with E-state index < -0.39 is 0 Å². The lowest BCUT2D eigenvalue weighted by molar-refractivity contribution is 0.205. The Hall–Kier alpha value is -0.980. The molecule has 17 heavy (non-hydrogen) atoms. The zero-order valence-electron chi connectivity index (χ0n) is 11.3. The first kappa shape index (κ1) is 12.5. The normalized spacial score (nSPS) is 24.2. The molecule has 1 aliphatic rings. The van der Waals surface area contributed by atoms with Gasteiger partial charge in [-0.2, -0.15) is 0 Å². The van der Waals surface area contributed by atoms with Crippen molar-refractivity contribution in [2.75, 3.05) is 0 Å². The minimum Gasteiger partial charge on any atom is -0.490 e. The Morgan fingerprint density at radius 2 is 1.88 bits per heavy atom. The average molecular weight is 232 g/mol. The SMILES string of the molecule is CC(C)Cc1ccc(OC2CCC(C)C2)cc1. The largest absolute Gasteiger partial charge is 0.490 e. The fourth-order valence-electron chi connectivity index (χ4n) is 2.63. The van der Waals surface area contributed by atoms with Crippen molar-refractivity contribution in [1.29, 1.82) is 0 Å². The molecule has 1 saturated carbocycles. The molecule has 0 aromatic heterocycles. The second-order valence-electron chi connectivity index (χ2n) is 5.90. The first-order valence-corrected chi connectivity index (χ1v) is 6.89. The van der Waals surface area contributed by atoms with Gasteiger partial charge in [-0.1, -0.05) is 32.9 Å².